The van der Waals surface area contributed by atoms with Crippen molar-refractivity contribution in [1.29, 1.82) is 0 Å². The number of halogens is 1. The molecule has 1 N–H and O–H groups in total. The number of carbonyl (C=O) groups excluding carboxylic acids is 2. The van der Waals surface area contributed by atoms with Crippen LogP contribution in [0.3, 0.4) is 0 Å². The highest BCUT2D eigenvalue weighted by Gasteiger charge is 2.33. The second-order valence-corrected chi connectivity index (χ2v) is 8.83. The van der Waals surface area contributed by atoms with E-state index in [0.29, 0.717) is 49.2 Å². The predicted molar refractivity (Wildman–Crippen MR) is 121 cm³/mol. The Hall–Kier alpha value is -3.03. The van der Waals surface area contributed by atoms with E-state index in [0.717, 1.165) is 18.5 Å². The summed E-state index contributed by atoms with van der Waals surface area (Å²) in [4.78, 5) is 37.9. The molecule has 32 heavy (non-hydrogen) atoms. The molecule has 2 aromatic rings. The highest BCUT2D eigenvalue weighted by molar-refractivity contribution is 5.96. The fourth-order valence-electron chi connectivity index (χ4n) is 4.62. The fraction of sp³-hybridized carbons (Fsp3) is 0.500. The molecule has 4 rings (SSSR count). The molecule has 1 aliphatic heterocycles. The summed E-state index contributed by atoms with van der Waals surface area (Å²) >= 11 is 0. The topological polar surface area (TPSA) is 78.4 Å². The Labute approximate surface area is 188 Å². The number of aromatic nitrogens is 2. The summed E-state index contributed by atoms with van der Waals surface area (Å²) in [5.74, 6) is 1.39. The van der Waals surface area contributed by atoms with Gasteiger partial charge in [0.25, 0.3) is 0 Å². The van der Waals surface area contributed by atoms with E-state index in [4.69, 9.17) is 4.98 Å². The largest absolute Gasteiger partial charge is 0.373 e. The minimum absolute atomic E-state index is 0.0170. The number of carbonyl (C=O) groups is 2. The van der Waals surface area contributed by atoms with E-state index in [-0.39, 0.29) is 23.5 Å². The Balaban J connectivity index is 1.47. The quantitative estimate of drug-likeness (QED) is 0.712. The highest BCUT2D eigenvalue weighted by Crippen LogP contribution is 2.32. The summed E-state index contributed by atoms with van der Waals surface area (Å²) in [6.07, 6.45) is 5.61. The van der Waals surface area contributed by atoms with Crippen LogP contribution in [0.1, 0.15) is 56.0 Å². The van der Waals surface area contributed by atoms with Crippen molar-refractivity contribution in [3.05, 3.63) is 47.7 Å². The maximum atomic E-state index is 13.3. The molecule has 7 nitrogen and oxygen atoms in total. The van der Waals surface area contributed by atoms with Gasteiger partial charge in [0, 0.05) is 51.2 Å². The van der Waals surface area contributed by atoms with Crippen molar-refractivity contribution < 1.29 is 14.0 Å². The van der Waals surface area contributed by atoms with E-state index in [1.54, 1.807) is 36.0 Å². The first-order chi connectivity index (χ1) is 15.4. The number of hydrogen-bond acceptors (Lipinski definition) is 5. The molecule has 1 aromatic heterocycles. The second-order valence-electron chi connectivity index (χ2n) is 8.83. The van der Waals surface area contributed by atoms with Gasteiger partial charge < -0.3 is 15.1 Å². The lowest BCUT2D eigenvalue weighted by molar-refractivity contribution is -0.131. The van der Waals surface area contributed by atoms with Crippen LogP contribution in [-0.4, -0.2) is 47.3 Å². The van der Waals surface area contributed by atoms with Crippen molar-refractivity contribution in [3.63, 3.8) is 0 Å². The average Bonchev–Trinajstić information content (AvgIpc) is 3.43. The lowest BCUT2D eigenvalue weighted by atomic mass is 10.0. The minimum Gasteiger partial charge on any atom is -0.373 e. The molecule has 8 heteroatoms. The lowest BCUT2D eigenvalue weighted by Crippen LogP contribution is -2.29. The molecule has 0 radical (unpaired) electrons. The van der Waals surface area contributed by atoms with E-state index < -0.39 is 0 Å². The number of amides is 2. The molecule has 0 unspecified atom stereocenters. The summed E-state index contributed by atoms with van der Waals surface area (Å²) < 4.78 is 13.3. The summed E-state index contributed by atoms with van der Waals surface area (Å²) in [5, 5.41) is 3.06. The number of nitrogens with one attached hydrogen (secondary N) is 1. The van der Waals surface area contributed by atoms with Crippen molar-refractivity contribution >= 4 is 23.3 Å². The van der Waals surface area contributed by atoms with E-state index in [1.165, 1.54) is 25.0 Å². The molecule has 2 fully saturated rings. The smallest absolute Gasteiger partial charge is 0.227 e. The molecule has 0 bridgehead atoms. The monoisotopic (exact) mass is 439 g/mol. The average molecular weight is 440 g/mol. The third kappa shape index (κ3) is 5.06. The van der Waals surface area contributed by atoms with Crippen LogP contribution in [0.25, 0.3) is 0 Å². The first-order valence-corrected chi connectivity index (χ1v) is 11.3. The number of benzene rings is 1. The zero-order valence-corrected chi connectivity index (χ0v) is 18.7. The molecule has 1 saturated carbocycles. The van der Waals surface area contributed by atoms with Crippen LogP contribution in [0.4, 0.5) is 15.9 Å². The molecule has 0 spiro atoms. The SMILES string of the molecule is CNc1cc([C@H]2CC(=O)N(c3ccc(F)cc3)C2)nc(CN(C)C(=O)CC2CCCC2)n1. The van der Waals surface area contributed by atoms with Gasteiger partial charge in [0.05, 0.1) is 12.2 Å². The second kappa shape index (κ2) is 9.63. The van der Waals surface area contributed by atoms with Crippen molar-refractivity contribution in [2.45, 2.75) is 51.0 Å². The Morgan fingerprint density at radius 3 is 2.62 bits per heavy atom. The molecule has 2 aliphatic rings. The highest BCUT2D eigenvalue weighted by atomic mass is 19.1. The Morgan fingerprint density at radius 1 is 1.22 bits per heavy atom. The van der Waals surface area contributed by atoms with Gasteiger partial charge in [-0.05, 0) is 43.0 Å². The molecule has 2 heterocycles. The summed E-state index contributed by atoms with van der Waals surface area (Å²) in [6.45, 7) is 0.803. The van der Waals surface area contributed by atoms with Crippen LogP contribution >= 0.6 is 0 Å². The first kappa shape index (κ1) is 22.2. The van der Waals surface area contributed by atoms with Crippen LogP contribution in [0.5, 0.6) is 0 Å². The third-order valence-corrected chi connectivity index (χ3v) is 6.47. The van der Waals surface area contributed by atoms with E-state index in [9.17, 15) is 14.0 Å². The molecule has 1 aromatic carbocycles. The summed E-state index contributed by atoms with van der Waals surface area (Å²) in [7, 11) is 3.58. The van der Waals surface area contributed by atoms with Crippen molar-refractivity contribution in [2.24, 2.45) is 5.92 Å². The Kier molecular flexibility index (Phi) is 6.67. The first-order valence-electron chi connectivity index (χ1n) is 11.3. The van der Waals surface area contributed by atoms with Crippen molar-refractivity contribution in [3.8, 4) is 0 Å². The molecule has 1 atom stereocenters. The Morgan fingerprint density at radius 2 is 1.94 bits per heavy atom. The van der Waals surface area contributed by atoms with Crippen LogP contribution in [0.15, 0.2) is 30.3 Å². The van der Waals surface area contributed by atoms with Gasteiger partial charge in [-0.15, -0.1) is 0 Å². The minimum atomic E-state index is -0.331. The van der Waals surface area contributed by atoms with Gasteiger partial charge in [0.2, 0.25) is 11.8 Å². The number of hydrogen-bond donors (Lipinski definition) is 1. The van der Waals surface area contributed by atoms with E-state index in [1.807, 2.05) is 6.07 Å². The van der Waals surface area contributed by atoms with Crippen molar-refractivity contribution in [2.75, 3.05) is 30.9 Å². The zero-order chi connectivity index (χ0) is 22.7. The molecule has 1 aliphatic carbocycles. The number of rotatable bonds is 7. The maximum absolute atomic E-state index is 13.3. The molecule has 1 saturated heterocycles. The lowest BCUT2D eigenvalue weighted by Gasteiger charge is -2.20. The summed E-state index contributed by atoms with van der Waals surface area (Å²) in [6, 6.07) is 7.80. The van der Waals surface area contributed by atoms with Crippen LogP contribution < -0.4 is 10.2 Å². The molecular weight excluding hydrogens is 409 g/mol. The summed E-state index contributed by atoms with van der Waals surface area (Å²) in [5.41, 5.74) is 1.45. The van der Waals surface area contributed by atoms with Gasteiger partial charge in [-0.25, -0.2) is 14.4 Å². The van der Waals surface area contributed by atoms with Crippen LogP contribution in [0, 0.1) is 11.7 Å². The third-order valence-electron chi connectivity index (χ3n) is 6.47. The van der Waals surface area contributed by atoms with E-state index in [2.05, 4.69) is 10.3 Å². The van der Waals surface area contributed by atoms with Crippen LogP contribution in [-0.2, 0) is 16.1 Å². The number of nitrogens with zero attached hydrogens (tertiary/aromatic N) is 4. The fourth-order valence-corrected chi connectivity index (χ4v) is 4.62. The zero-order valence-electron chi connectivity index (χ0n) is 18.7. The van der Waals surface area contributed by atoms with Gasteiger partial charge in [-0.2, -0.15) is 0 Å². The van der Waals surface area contributed by atoms with E-state index >= 15 is 0 Å². The molecular formula is C24H30FN5O2. The van der Waals surface area contributed by atoms with Gasteiger partial charge in [0.15, 0.2) is 0 Å². The predicted octanol–water partition coefficient (Wildman–Crippen LogP) is 3.72. The Bertz CT molecular complexity index is 975. The van der Waals surface area contributed by atoms with Crippen LogP contribution in [0.2, 0.25) is 0 Å². The molecule has 170 valence electrons. The standard InChI is InChI=1S/C24H30FN5O2/c1-26-21-13-20(17-12-24(32)30(14-17)19-9-7-18(25)8-10-19)27-22(28-21)15-29(2)23(31)11-16-5-3-4-6-16/h7-10,13,16-17H,3-6,11-12,14-15H2,1-2H3,(H,26,27,28)/t17-/m0/s1. The van der Waals surface area contributed by atoms with Gasteiger partial charge in [-0.1, -0.05) is 12.8 Å². The van der Waals surface area contributed by atoms with Gasteiger partial charge in [-0.3, -0.25) is 9.59 Å². The van der Waals surface area contributed by atoms with Gasteiger partial charge in [0.1, 0.15) is 17.5 Å². The molecule has 2 amide bonds. The maximum Gasteiger partial charge on any atom is 0.227 e. The number of anilines is 2. The normalized spacial score (nSPS) is 18.9. The van der Waals surface area contributed by atoms with Gasteiger partial charge >= 0.3 is 0 Å². The van der Waals surface area contributed by atoms with Crippen molar-refractivity contribution in [1.82, 2.24) is 14.9 Å².